The molecule has 3 aromatic rings. The summed E-state index contributed by atoms with van der Waals surface area (Å²) in [7, 11) is 1.81. The van der Waals surface area contributed by atoms with Gasteiger partial charge in [-0.15, -0.1) is 0 Å². The van der Waals surface area contributed by atoms with Crippen LogP contribution < -0.4 is 15.6 Å². The number of amides is 1. The zero-order chi connectivity index (χ0) is 22.7. The molecular weight excluding hydrogens is 429 g/mol. The topological polar surface area (TPSA) is 73.2 Å². The third-order valence-corrected chi connectivity index (χ3v) is 6.61. The zero-order valence-electron chi connectivity index (χ0n) is 17.9. The van der Waals surface area contributed by atoms with Crippen molar-refractivity contribution in [3.8, 4) is 5.75 Å². The van der Waals surface area contributed by atoms with Crippen LogP contribution in [0.3, 0.4) is 0 Å². The smallest absolute Gasteiger partial charge is 0.279 e. The van der Waals surface area contributed by atoms with Gasteiger partial charge in [0.05, 0.1) is 5.56 Å². The Hall–Kier alpha value is -3.13. The number of halogens is 1. The lowest BCUT2D eigenvalue weighted by molar-refractivity contribution is -0.116. The molecular formula is C24H24FN3O3S. The van der Waals surface area contributed by atoms with E-state index < -0.39 is 5.92 Å². The first-order valence-corrected chi connectivity index (χ1v) is 11.5. The Bertz CT molecular complexity index is 1190. The molecule has 0 aliphatic carbocycles. The van der Waals surface area contributed by atoms with E-state index >= 15 is 0 Å². The van der Waals surface area contributed by atoms with Crippen LogP contribution in [-0.2, 0) is 18.4 Å². The summed E-state index contributed by atoms with van der Waals surface area (Å²) in [5, 5.41) is 3.44. The number of fused-ring (bicyclic) bond motifs is 1. The van der Waals surface area contributed by atoms with E-state index in [1.54, 1.807) is 34.9 Å². The average Bonchev–Trinajstić information content (AvgIpc) is 2.79. The molecule has 1 atom stereocenters. The molecule has 2 aromatic carbocycles. The van der Waals surface area contributed by atoms with Crippen LogP contribution in [0.1, 0.15) is 42.4 Å². The summed E-state index contributed by atoms with van der Waals surface area (Å²) in [4.78, 5) is 29.6. The first-order chi connectivity index (χ1) is 15.5. The van der Waals surface area contributed by atoms with Crippen molar-refractivity contribution < 1.29 is 13.9 Å². The van der Waals surface area contributed by atoms with Gasteiger partial charge in [-0.25, -0.2) is 4.39 Å². The van der Waals surface area contributed by atoms with Crippen molar-refractivity contribution >= 4 is 23.5 Å². The molecule has 8 heteroatoms. The van der Waals surface area contributed by atoms with E-state index in [2.05, 4.69) is 17.2 Å². The normalized spacial score (nSPS) is 15.2. The molecule has 32 heavy (non-hydrogen) atoms. The van der Waals surface area contributed by atoms with Crippen molar-refractivity contribution in [3.05, 3.63) is 81.4 Å². The minimum absolute atomic E-state index is 0.114. The highest BCUT2D eigenvalue weighted by molar-refractivity contribution is 7.99. The van der Waals surface area contributed by atoms with Crippen LogP contribution in [0.2, 0.25) is 0 Å². The molecule has 0 bridgehead atoms. The Morgan fingerprint density at radius 2 is 1.94 bits per heavy atom. The molecule has 6 nitrogen and oxygen atoms in total. The number of nitrogens with one attached hydrogen (secondary N) is 1. The molecule has 0 unspecified atom stereocenters. The molecule has 0 saturated heterocycles. The van der Waals surface area contributed by atoms with Crippen LogP contribution in [0.5, 0.6) is 5.75 Å². The Morgan fingerprint density at radius 1 is 1.19 bits per heavy atom. The van der Waals surface area contributed by atoms with Gasteiger partial charge in [0, 0.05) is 30.7 Å². The van der Waals surface area contributed by atoms with E-state index in [-0.39, 0.29) is 30.3 Å². The number of carbonyl (C=O) groups is 1. The Balaban J connectivity index is 1.59. The van der Waals surface area contributed by atoms with E-state index in [1.165, 1.54) is 17.8 Å². The van der Waals surface area contributed by atoms with E-state index in [9.17, 15) is 14.0 Å². The maximum atomic E-state index is 13.8. The van der Waals surface area contributed by atoms with Crippen molar-refractivity contribution in [3.63, 3.8) is 0 Å². The highest BCUT2D eigenvalue weighted by atomic mass is 32.2. The van der Waals surface area contributed by atoms with Crippen molar-refractivity contribution in [1.29, 1.82) is 0 Å². The molecule has 1 aliphatic rings. The molecule has 0 spiro atoms. The zero-order valence-corrected chi connectivity index (χ0v) is 18.7. The predicted octanol–water partition coefficient (Wildman–Crippen LogP) is 4.47. The molecule has 166 valence electrons. The Morgan fingerprint density at radius 3 is 2.66 bits per heavy atom. The van der Waals surface area contributed by atoms with Crippen LogP contribution in [-0.4, -0.2) is 21.2 Å². The number of carbonyl (C=O) groups excluding carboxylic acids is 1. The average molecular weight is 454 g/mol. The second-order valence-corrected chi connectivity index (χ2v) is 8.69. The standard InChI is InChI=1S/C24H24FN3O3S/c1-3-12-32-24-27-23(30)21-18(13-20(29)26-22(21)28(24)2)15-8-10-17(11-9-15)31-14-16-6-4-5-7-19(16)25/h4-11,18H,3,12-14H2,1-2H3,(H,26,29)/t18-/m1/s1. The lowest BCUT2D eigenvalue weighted by Crippen LogP contribution is -2.33. The number of benzene rings is 2. The van der Waals surface area contributed by atoms with E-state index in [0.29, 0.717) is 27.9 Å². The molecule has 1 aliphatic heterocycles. The van der Waals surface area contributed by atoms with Crippen LogP contribution in [0.25, 0.3) is 0 Å². The molecule has 1 aromatic heterocycles. The highest BCUT2D eigenvalue weighted by Crippen LogP contribution is 2.36. The third-order valence-electron chi connectivity index (χ3n) is 5.37. The van der Waals surface area contributed by atoms with Crippen LogP contribution >= 0.6 is 11.8 Å². The summed E-state index contributed by atoms with van der Waals surface area (Å²) >= 11 is 1.50. The van der Waals surface area contributed by atoms with Gasteiger partial charge in [0.25, 0.3) is 5.56 Å². The summed E-state index contributed by atoms with van der Waals surface area (Å²) in [6.07, 6.45) is 1.12. The molecule has 1 N–H and O–H groups in total. The van der Waals surface area contributed by atoms with Gasteiger partial charge in [-0.1, -0.05) is 49.0 Å². The summed E-state index contributed by atoms with van der Waals surface area (Å²) in [5.74, 6) is 1.07. The highest BCUT2D eigenvalue weighted by Gasteiger charge is 2.32. The number of aromatic nitrogens is 2. The molecule has 0 radical (unpaired) electrons. The lowest BCUT2D eigenvalue weighted by atomic mass is 9.87. The number of anilines is 1. The fraction of sp³-hybridized carbons (Fsp3) is 0.292. The van der Waals surface area contributed by atoms with Gasteiger partial charge in [0.2, 0.25) is 5.91 Å². The van der Waals surface area contributed by atoms with Crippen LogP contribution in [0.4, 0.5) is 10.2 Å². The number of rotatable bonds is 7. The Labute approximate surface area is 189 Å². The third kappa shape index (κ3) is 4.55. The number of hydrogen-bond donors (Lipinski definition) is 1. The van der Waals surface area contributed by atoms with Gasteiger partial charge in [-0.05, 0) is 30.2 Å². The second-order valence-electron chi connectivity index (χ2n) is 7.62. The SMILES string of the molecule is CCCSc1nc(=O)c2c(n1C)NC(=O)C[C@@H]2c1ccc(OCc2ccccc2F)cc1. The lowest BCUT2D eigenvalue weighted by Gasteiger charge is -2.27. The fourth-order valence-electron chi connectivity index (χ4n) is 3.72. The molecule has 0 saturated carbocycles. The molecule has 1 amide bonds. The summed E-state index contributed by atoms with van der Waals surface area (Å²) in [6, 6.07) is 13.7. The largest absolute Gasteiger partial charge is 0.489 e. The second kappa shape index (κ2) is 9.56. The maximum Gasteiger partial charge on any atom is 0.279 e. The minimum Gasteiger partial charge on any atom is -0.489 e. The summed E-state index contributed by atoms with van der Waals surface area (Å²) in [5.41, 5.74) is 1.47. The van der Waals surface area contributed by atoms with Gasteiger partial charge in [-0.3, -0.25) is 9.59 Å². The van der Waals surface area contributed by atoms with Crippen molar-refractivity contribution in [1.82, 2.24) is 9.55 Å². The number of ether oxygens (including phenoxy) is 1. The van der Waals surface area contributed by atoms with Gasteiger partial charge in [0.15, 0.2) is 5.16 Å². The van der Waals surface area contributed by atoms with E-state index in [4.69, 9.17) is 4.74 Å². The Kier molecular flexibility index (Phi) is 6.60. The van der Waals surface area contributed by atoms with Crippen molar-refractivity contribution in [2.75, 3.05) is 11.1 Å². The first-order valence-electron chi connectivity index (χ1n) is 10.5. The minimum atomic E-state index is -0.393. The predicted molar refractivity (Wildman–Crippen MR) is 123 cm³/mol. The van der Waals surface area contributed by atoms with E-state index in [1.807, 2.05) is 19.2 Å². The van der Waals surface area contributed by atoms with Gasteiger partial charge in [-0.2, -0.15) is 4.98 Å². The van der Waals surface area contributed by atoms with Crippen LogP contribution in [0.15, 0.2) is 58.5 Å². The number of hydrogen-bond acceptors (Lipinski definition) is 5. The first kappa shape index (κ1) is 22.1. The summed E-state index contributed by atoms with van der Waals surface area (Å²) in [6.45, 7) is 2.18. The molecule has 2 heterocycles. The van der Waals surface area contributed by atoms with E-state index in [0.717, 1.165) is 17.7 Å². The quantitative estimate of drug-likeness (QED) is 0.422. The number of nitrogens with zero attached hydrogens (tertiary/aromatic N) is 2. The monoisotopic (exact) mass is 453 g/mol. The number of thioether (sulfide) groups is 1. The van der Waals surface area contributed by atoms with Crippen molar-refractivity contribution in [2.45, 2.75) is 37.4 Å². The van der Waals surface area contributed by atoms with Gasteiger partial charge >= 0.3 is 0 Å². The maximum absolute atomic E-state index is 13.8. The van der Waals surface area contributed by atoms with Gasteiger partial charge < -0.3 is 14.6 Å². The van der Waals surface area contributed by atoms with Gasteiger partial charge in [0.1, 0.15) is 24.0 Å². The fourth-order valence-corrected chi connectivity index (χ4v) is 4.53. The van der Waals surface area contributed by atoms with Crippen molar-refractivity contribution in [2.24, 2.45) is 7.05 Å². The molecule has 4 rings (SSSR count). The van der Waals surface area contributed by atoms with Crippen LogP contribution in [0, 0.1) is 5.82 Å². The molecule has 0 fully saturated rings. The summed E-state index contributed by atoms with van der Waals surface area (Å²) < 4.78 is 21.3.